The van der Waals surface area contributed by atoms with Crippen LogP contribution in [0.1, 0.15) is 103 Å². The van der Waals surface area contributed by atoms with E-state index in [4.69, 9.17) is 4.74 Å². The molecule has 0 radical (unpaired) electrons. The maximum absolute atomic E-state index is 11.7. The molecule has 1 aliphatic heterocycles. The first kappa shape index (κ1) is 25.7. The van der Waals surface area contributed by atoms with Crippen molar-refractivity contribution in [1.82, 2.24) is 5.32 Å². The Kier molecular flexibility index (Phi) is 17.8. The van der Waals surface area contributed by atoms with E-state index in [1.165, 1.54) is 77.0 Å². The van der Waals surface area contributed by atoms with E-state index < -0.39 is 6.10 Å². The van der Waals surface area contributed by atoms with Crippen LogP contribution in [0, 0.1) is 0 Å². The molecular weight excluding hydrogens is 350 g/mol. The molecule has 1 aliphatic rings. The molecule has 26 heavy (non-hydrogen) atoms. The Labute approximate surface area is 167 Å². The van der Waals surface area contributed by atoms with Gasteiger partial charge in [0.2, 0.25) is 0 Å². The Morgan fingerprint density at radius 3 is 1.77 bits per heavy atom. The van der Waals surface area contributed by atoms with Gasteiger partial charge in [-0.2, -0.15) is 0 Å². The van der Waals surface area contributed by atoms with Gasteiger partial charge in [0.05, 0.1) is 12.7 Å². The van der Waals surface area contributed by atoms with Gasteiger partial charge in [-0.05, 0) is 6.42 Å². The van der Waals surface area contributed by atoms with Crippen LogP contribution < -0.4 is 5.32 Å². The molecule has 1 rings (SSSR count). The average Bonchev–Trinajstić information content (AvgIpc) is 3.04. The van der Waals surface area contributed by atoms with Crippen molar-refractivity contribution in [2.75, 3.05) is 13.2 Å². The van der Waals surface area contributed by atoms with E-state index in [1.807, 2.05) is 0 Å². The normalized spacial score (nSPS) is 19.3. The van der Waals surface area contributed by atoms with Crippen molar-refractivity contribution in [3.63, 3.8) is 0 Å². The molecule has 0 spiro atoms. The van der Waals surface area contributed by atoms with Crippen molar-refractivity contribution in [1.29, 1.82) is 0 Å². The number of β-amino-alcohol motifs (C(OH)–C–C–N with tert-alkyl or cyclic N) is 1. The number of carbonyl (C=O) groups is 1. The second-order valence-corrected chi connectivity index (χ2v) is 7.61. The van der Waals surface area contributed by atoms with Gasteiger partial charge in [-0.25, -0.2) is 0 Å². The number of esters is 1. The van der Waals surface area contributed by atoms with Gasteiger partial charge in [0.1, 0.15) is 6.04 Å². The van der Waals surface area contributed by atoms with E-state index in [2.05, 4.69) is 12.2 Å². The molecule has 0 bridgehead atoms. The van der Waals surface area contributed by atoms with Gasteiger partial charge in [0, 0.05) is 13.0 Å². The molecule has 2 N–H and O–H groups in total. The SMILES string of the molecule is CCCCCCCCCCCCCCCCOC(=O)[C@@H]1C[C@@H](O)CN1.Cl. The smallest absolute Gasteiger partial charge is 0.323 e. The molecule has 0 unspecified atom stereocenters. The second-order valence-electron chi connectivity index (χ2n) is 7.61. The van der Waals surface area contributed by atoms with Crippen molar-refractivity contribution in [2.45, 2.75) is 115 Å². The first-order chi connectivity index (χ1) is 12.2. The quantitative estimate of drug-likeness (QED) is 0.282. The van der Waals surface area contributed by atoms with Crippen molar-refractivity contribution in [2.24, 2.45) is 0 Å². The van der Waals surface area contributed by atoms with Gasteiger partial charge in [-0.1, -0.05) is 90.4 Å². The maximum Gasteiger partial charge on any atom is 0.323 e. The Hall–Kier alpha value is -0.320. The topological polar surface area (TPSA) is 58.6 Å². The third kappa shape index (κ3) is 13.8. The Balaban J connectivity index is 0.00000625. The molecule has 0 saturated carbocycles. The maximum atomic E-state index is 11.7. The van der Waals surface area contributed by atoms with Gasteiger partial charge in [-0.3, -0.25) is 4.79 Å². The summed E-state index contributed by atoms with van der Waals surface area (Å²) < 4.78 is 5.27. The van der Waals surface area contributed by atoms with Gasteiger partial charge >= 0.3 is 5.97 Å². The van der Waals surface area contributed by atoms with Crippen LogP contribution >= 0.6 is 12.4 Å². The highest BCUT2D eigenvalue weighted by molar-refractivity contribution is 5.85. The molecule has 1 heterocycles. The second kappa shape index (κ2) is 18.1. The van der Waals surface area contributed by atoms with E-state index in [9.17, 15) is 9.90 Å². The number of hydrogen-bond acceptors (Lipinski definition) is 4. The third-order valence-corrected chi connectivity index (χ3v) is 5.13. The summed E-state index contributed by atoms with van der Waals surface area (Å²) in [5.41, 5.74) is 0. The molecule has 0 amide bonds. The molecule has 0 aromatic heterocycles. The van der Waals surface area contributed by atoms with E-state index in [0.717, 1.165) is 12.8 Å². The van der Waals surface area contributed by atoms with Crippen molar-refractivity contribution < 1.29 is 14.6 Å². The average molecular weight is 392 g/mol. The van der Waals surface area contributed by atoms with Gasteiger partial charge in [-0.15, -0.1) is 12.4 Å². The number of aliphatic hydroxyl groups is 1. The molecule has 1 fully saturated rings. The zero-order valence-electron chi connectivity index (χ0n) is 16.8. The zero-order valence-corrected chi connectivity index (χ0v) is 17.7. The molecule has 5 heteroatoms. The highest BCUT2D eigenvalue weighted by Gasteiger charge is 2.28. The summed E-state index contributed by atoms with van der Waals surface area (Å²) in [7, 11) is 0. The van der Waals surface area contributed by atoms with Crippen LogP contribution in [0.5, 0.6) is 0 Å². The minimum Gasteiger partial charge on any atom is -0.465 e. The number of aliphatic hydroxyl groups excluding tert-OH is 1. The monoisotopic (exact) mass is 391 g/mol. The lowest BCUT2D eigenvalue weighted by atomic mass is 10.0. The van der Waals surface area contributed by atoms with E-state index >= 15 is 0 Å². The lowest BCUT2D eigenvalue weighted by Crippen LogP contribution is -2.32. The van der Waals surface area contributed by atoms with E-state index in [-0.39, 0.29) is 24.4 Å². The number of ether oxygens (including phenoxy) is 1. The van der Waals surface area contributed by atoms with Crippen LogP contribution in [0.15, 0.2) is 0 Å². The lowest BCUT2D eigenvalue weighted by molar-refractivity contribution is -0.146. The number of hydrogen-bond donors (Lipinski definition) is 2. The molecule has 1 saturated heterocycles. The van der Waals surface area contributed by atoms with Gasteiger partial charge < -0.3 is 15.2 Å². The molecule has 0 aromatic rings. The Morgan fingerprint density at radius 2 is 1.35 bits per heavy atom. The minimum atomic E-state index is -0.404. The summed E-state index contributed by atoms with van der Waals surface area (Å²) in [6.07, 6.45) is 18.7. The third-order valence-electron chi connectivity index (χ3n) is 5.13. The summed E-state index contributed by atoms with van der Waals surface area (Å²) in [6.45, 7) is 3.29. The Morgan fingerprint density at radius 1 is 0.885 bits per heavy atom. The van der Waals surface area contributed by atoms with Crippen LogP contribution in [0.25, 0.3) is 0 Å². The largest absolute Gasteiger partial charge is 0.465 e. The fraction of sp³-hybridized carbons (Fsp3) is 0.952. The van der Waals surface area contributed by atoms with Crippen LogP contribution in [0.2, 0.25) is 0 Å². The summed E-state index contributed by atoms with van der Waals surface area (Å²) in [5, 5.41) is 12.4. The summed E-state index contributed by atoms with van der Waals surface area (Å²) in [4.78, 5) is 11.7. The zero-order chi connectivity index (χ0) is 18.2. The fourth-order valence-electron chi connectivity index (χ4n) is 3.47. The van der Waals surface area contributed by atoms with Crippen LogP contribution in [0.4, 0.5) is 0 Å². The number of rotatable bonds is 16. The Bertz CT molecular complexity index is 328. The summed E-state index contributed by atoms with van der Waals surface area (Å²) in [5.74, 6) is -0.203. The predicted molar refractivity (Wildman–Crippen MR) is 111 cm³/mol. The first-order valence-corrected chi connectivity index (χ1v) is 10.8. The van der Waals surface area contributed by atoms with E-state index in [0.29, 0.717) is 19.6 Å². The predicted octanol–water partition coefficient (Wildman–Crippen LogP) is 5.16. The van der Waals surface area contributed by atoms with E-state index in [1.54, 1.807) is 0 Å². The molecule has 0 aliphatic carbocycles. The lowest BCUT2D eigenvalue weighted by Gasteiger charge is -2.10. The fourth-order valence-corrected chi connectivity index (χ4v) is 3.47. The van der Waals surface area contributed by atoms with Crippen LogP contribution in [0.3, 0.4) is 0 Å². The molecule has 156 valence electrons. The number of halogens is 1. The molecule has 2 atom stereocenters. The number of carbonyl (C=O) groups excluding carboxylic acids is 1. The van der Waals surface area contributed by atoms with Gasteiger partial charge in [0.15, 0.2) is 0 Å². The minimum absolute atomic E-state index is 0. The summed E-state index contributed by atoms with van der Waals surface area (Å²) in [6, 6.07) is -0.304. The number of unbranched alkanes of at least 4 members (excludes halogenated alkanes) is 13. The standard InChI is InChI=1S/C21H41NO3.ClH/c1-2-3-4-5-6-7-8-9-10-11-12-13-14-15-16-25-21(24)20-17-19(23)18-22-20;/h19-20,22-23H,2-18H2,1H3;1H/t19-,20+;/m1./s1. The van der Waals surface area contributed by atoms with Crippen molar-refractivity contribution in [3.8, 4) is 0 Å². The van der Waals surface area contributed by atoms with Gasteiger partial charge in [0.25, 0.3) is 0 Å². The molecular formula is C21H42ClNO3. The summed E-state index contributed by atoms with van der Waals surface area (Å²) >= 11 is 0. The highest BCUT2D eigenvalue weighted by atomic mass is 35.5. The highest BCUT2D eigenvalue weighted by Crippen LogP contribution is 2.13. The van der Waals surface area contributed by atoms with Crippen LogP contribution in [-0.2, 0) is 9.53 Å². The first-order valence-electron chi connectivity index (χ1n) is 10.8. The van der Waals surface area contributed by atoms with Crippen molar-refractivity contribution in [3.05, 3.63) is 0 Å². The van der Waals surface area contributed by atoms with Crippen molar-refractivity contribution >= 4 is 18.4 Å². The molecule has 0 aromatic carbocycles. The van der Waals surface area contributed by atoms with Crippen LogP contribution in [-0.4, -0.2) is 36.4 Å². The molecule has 4 nitrogen and oxygen atoms in total. The number of nitrogens with one attached hydrogen (secondary N) is 1.